The molecule has 0 aliphatic carbocycles. The molecule has 0 saturated carbocycles. The molecule has 0 bridgehead atoms. The summed E-state index contributed by atoms with van der Waals surface area (Å²) in [5, 5.41) is 13.0. The van der Waals surface area contributed by atoms with Crippen LogP contribution in [0, 0.1) is 0 Å². The van der Waals surface area contributed by atoms with Gasteiger partial charge in [0.1, 0.15) is 5.75 Å². The van der Waals surface area contributed by atoms with Gasteiger partial charge in [0.25, 0.3) is 0 Å². The minimum atomic E-state index is 0.482. The Bertz CT molecular complexity index is 861. The number of nitrogens with zero attached hydrogens (tertiary/aromatic N) is 3. The van der Waals surface area contributed by atoms with Crippen molar-refractivity contribution in [3.63, 3.8) is 0 Å². The SMILES string of the molecule is COc1ccccc1N/N=C(/N=N/c1ccccc1)c1ccccc1. The van der Waals surface area contributed by atoms with Gasteiger partial charge in [-0.3, -0.25) is 5.43 Å². The molecular weight excluding hydrogens is 312 g/mol. The van der Waals surface area contributed by atoms with Crippen LogP contribution in [0.3, 0.4) is 0 Å². The highest BCUT2D eigenvalue weighted by atomic mass is 16.5. The standard InChI is InChI=1S/C20H18N4O/c1-25-19-15-9-8-14-18(19)22-24-20(16-10-4-2-5-11-16)23-21-17-12-6-3-7-13-17/h2-15,22H,1H3/b23-21+,24-20+. The summed E-state index contributed by atoms with van der Waals surface area (Å²) in [5.41, 5.74) is 5.40. The summed E-state index contributed by atoms with van der Waals surface area (Å²) in [4.78, 5) is 0. The van der Waals surface area contributed by atoms with Crippen LogP contribution in [0.4, 0.5) is 11.4 Å². The number of nitrogens with one attached hydrogen (secondary N) is 1. The molecular formula is C20H18N4O. The maximum Gasteiger partial charge on any atom is 0.201 e. The molecule has 3 rings (SSSR count). The molecule has 0 heterocycles. The van der Waals surface area contributed by atoms with Gasteiger partial charge >= 0.3 is 0 Å². The topological polar surface area (TPSA) is 58.3 Å². The number of amidine groups is 1. The monoisotopic (exact) mass is 330 g/mol. The molecule has 0 atom stereocenters. The maximum atomic E-state index is 5.33. The number of rotatable bonds is 5. The van der Waals surface area contributed by atoms with Crippen LogP contribution >= 0.6 is 0 Å². The molecule has 0 saturated heterocycles. The van der Waals surface area contributed by atoms with Gasteiger partial charge in [0.2, 0.25) is 5.84 Å². The van der Waals surface area contributed by atoms with Crippen LogP contribution < -0.4 is 10.2 Å². The van der Waals surface area contributed by atoms with E-state index in [1.165, 1.54) is 0 Å². The molecule has 0 fully saturated rings. The quantitative estimate of drug-likeness (QED) is 0.300. The maximum absolute atomic E-state index is 5.33. The number of hydrogen-bond acceptors (Lipinski definition) is 4. The van der Waals surface area contributed by atoms with Gasteiger partial charge in [0.15, 0.2) is 0 Å². The minimum Gasteiger partial charge on any atom is -0.495 e. The number of hydrazone groups is 1. The Morgan fingerprint density at radius 2 is 1.44 bits per heavy atom. The first-order valence-electron chi connectivity index (χ1n) is 7.86. The van der Waals surface area contributed by atoms with Crippen molar-refractivity contribution in [3.8, 4) is 5.75 Å². The number of hydrogen-bond donors (Lipinski definition) is 1. The van der Waals surface area contributed by atoms with E-state index in [2.05, 4.69) is 20.8 Å². The highest BCUT2D eigenvalue weighted by Crippen LogP contribution is 2.23. The van der Waals surface area contributed by atoms with E-state index >= 15 is 0 Å². The molecule has 5 nitrogen and oxygen atoms in total. The third-order valence-electron chi connectivity index (χ3n) is 3.44. The lowest BCUT2D eigenvalue weighted by Crippen LogP contribution is -2.02. The summed E-state index contributed by atoms with van der Waals surface area (Å²) in [5.74, 6) is 1.19. The molecule has 124 valence electrons. The zero-order valence-corrected chi connectivity index (χ0v) is 13.8. The van der Waals surface area contributed by atoms with Gasteiger partial charge < -0.3 is 4.74 Å². The van der Waals surface area contributed by atoms with Crippen LogP contribution in [-0.4, -0.2) is 12.9 Å². The van der Waals surface area contributed by atoms with Crippen molar-refractivity contribution in [3.05, 3.63) is 90.5 Å². The summed E-state index contributed by atoms with van der Waals surface area (Å²) in [6.45, 7) is 0. The summed E-state index contributed by atoms with van der Waals surface area (Å²) in [6.07, 6.45) is 0. The van der Waals surface area contributed by atoms with Crippen molar-refractivity contribution in [2.45, 2.75) is 0 Å². The number of methoxy groups -OCH3 is 1. The summed E-state index contributed by atoms with van der Waals surface area (Å²) >= 11 is 0. The average molecular weight is 330 g/mol. The predicted octanol–water partition coefficient (Wildman–Crippen LogP) is 5.25. The van der Waals surface area contributed by atoms with Gasteiger partial charge in [0.05, 0.1) is 18.5 Å². The van der Waals surface area contributed by atoms with E-state index in [0.29, 0.717) is 11.6 Å². The largest absolute Gasteiger partial charge is 0.495 e. The first kappa shape index (κ1) is 16.4. The third-order valence-corrected chi connectivity index (χ3v) is 3.44. The molecule has 0 aliphatic rings. The van der Waals surface area contributed by atoms with Crippen molar-refractivity contribution in [1.82, 2.24) is 0 Å². The van der Waals surface area contributed by atoms with Gasteiger partial charge in [-0.05, 0) is 24.3 Å². The average Bonchev–Trinajstić information content (AvgIpc) is 2.70. The first-order valence-corrected chi connectivity index (χ1v) is 7.86. The smallest absolute Gasteiger partial charge is 0.201 e. The van der Waals surface area contributed by atoms with E-state index in [0.717, 1.165) is 16.9 Å². The van der Waals surface area contributed by atoms with Crippen molar-refractivity contribution in [2.75, 3.05) is 12.5 Å². The summed E-state index contributed by atoms with van der Waals surface area (Å²) < 4.78 is 5.33. The summed E-state index contributed by atoms with van der Waals surface area (Å²) in [7, 11) is 1.62. The van der Waals surface area contributed by atoms with Crippen molar-refractivity contribution >= 4 is 17.2 Å². The fourth-order valence-electron chi connectivity index (χ4n) is 2.18. The second-order valence-electron chi connectivity index (χ2n) is 5.15. The van der Waals surface area contributed by atoms with E-state index in [1.54, 1.807) is 7.11 Å². The van der Waals surface area contributed by atoms with Crippen LogP contribution in [0.2, 0.25) is 0 Å². The highest BCUT2D eigenvalue weighted by Gasteiger charge is 2.04. The van der Waals surface area contributed by atoms with Crippen molar-refractivity contribution in [2.24, 2.45) is 15.3 Å². The molecule has 25 heavy (non-hydrogen) atoms. The Labute approximate surface area is 146 Å². The minimum absolute atomic E-state index is 0.482. The molecule has 0 amide bonds. The van der Waals surface area contributed by atoms with Crippen molar-refractivity contribution < 1.29 is 4.74 Å². The number of anilines is 1. The van der Waals surface area contributed by atoms with E-state index in [1.807, 2.05) is 84.9 Å². The highest BCUT2D eigenvalue weighted by molar-refractivity contribution is 5.99. The molecule has 3 aromatic rings. The number of azo groups is 1. The van der Waals surface area contributed by atoms with Gasteiger partial charge in [-0.2, -0.15) is 5.10 Å². The Morgan fingerprint density at radius 3 is 2.16 bits per heavy atom. The second-order valence-corrected chi connectivity index (χ2v) is 5.15. The molecule has 0 aromatic heterocycles. The van der Waals surface area contributed by atoms with Crippen LogP contribution in [0.1, 0.15) is 5.56 Å². The molecule has 5 heteroatoms. The normalized spacial score (nSPS) is 11.5. The van der Waals surface area contributed by atoms with Crippen LogP contribution in [-0.2, 0) is 0 Å². The van der Waals surface area contributed by atoms with Gasteiger partial charge in [-0.25, -0.2) is 0 Å². The zero-order valence-electron chi connectivity index (χ0n) is 13.8. The van der Waals surface area contributed by atoms with E-state index in [4.69, 9.17) is 4.74 Å². The van der Waals surface area contributed by atoms with Crippen LogP contribution in [0.5, 0.6) is 5.75 Å². The van der Waals surface area contributed by atoms with Gasteiger partial charge in [0, 0.05) is 5.56 Å². The van der Waals surface area contributed by atoms with Crippen LogP contribution in [0.25, 0.3) is 0 Å². The molecule has 1 N–H and O–H groups in total. The van der Waals surface area contributed by atoms with Crippen molar-refractivity contribution in [1.29, 1.82) is 0 Å². The van der Waals surface area contributed by atoms with E-state index in [9.17, 15) is 0 Å². The Hall–Kier alpha value is -3.47. The van der Waals surface area contributed by atoms with E-state index in [-0.39, 0.29) is 0 Å². The molecule has 0 aliphatic heterocycles. The number of ether oxygens (including phenoxy) is 1. The van der Waals surface area contributed by atoms with E-state index < -0.39 is 0 Å². The molecule has 0 spiro atoms. The number of benzene rings is 3. The lowest BCUT2D eigenvalue weighted by Gasteiger charge is -2.07. The Balaban J connectivity index is 1.90. The third kappa shape index (κ3) is 4.51. The number of para-hydroxylation sites is 2. The lowest BCUT2D eigenvalue weighted by molar-refractivity contribution is 0.416. The molecule has 0 unspecified atom stereocenters. The zero-order chi connectivity index (χ0) is 17.3. The summed E-state index contributed by atoms with van der Waals surface area (Å²) in [6, 6.07) is 26.8. The Morgan fingerprint density at radius 1 is 0.800 bits per heavy atom. The fraction of sp³-hybridized carbons (Fsp3) is 0.0500. The van der Waals surface area contributed by atoms with Gasteiger partial charge in [-0.15, -0.1) is 10.2 Å². The Kier molecular flexibility index (Phi) is 5.51. The fourth-order valence-corrected chi connectivity index (χ4v) is 2.18. The molecule has 0 radical (unpaired) electrons. The van der Waals surface area contributed by atoms with Gasteiger partial charge in [-0.1, -0.05) is 60.7 Å². The predicted molar refractivity (Wildman–Crippen MR) is 101 cm³/mol. The lowest BCUT2D eigenvalue weighted by atomic mass is 10.2. The van der Waals surface area contributed by atoms with Crippen LogP contribution in [0.15, 0.2) is 100 Å². The molecule has 3 aromatic carbocycles. The second kappa shape index (κ2) is 8.40. The first-order chi connectivity index (χ1) is 12.4.